The highest BCUT2D eigenvalue weighted by Crippen LogP contribution is 2.31. The van der Waals surface area contributed by atoms with Crippen LogP contribution in [-0.4, -0.2) is 16.6 Å². The minimum atomic E-state index is 0.620. The fraction of sp³-hybridized carbons (Fsp3) is 0.905. The molecule has 0 bridgehead atoms. The van der Waals surface area contributed by atoms with Crippen LogP contribution < -0.4 is 0 Å². The molecule has 130 valence electrons. The standard InChI is InChI=1S/C21H35NS/c23-21(18-12-6-2-7-13-18)16-20(17-10-4-1-5-11-17)22-19-14-8-3-9-15-19/h17-19H,1-16H2. The van der Waals surface area contributed by atoms with Gasteiger partial charge < -0.3 is 0 Å². The van der Waals surface area contributed by atoms with E-state index in [2.05, 4.69) is 0 Å². The first-order chi connectivity index (χ1) is 11.3. The third-order valence-electron chi connectivity index (χ3n) is 6.42. The van der Waals surface area contributed by atoms with Gasteiger partial charge in [0, 0.05) is 23.0 Å². The summed E-state index contributed by atoms with van der Waals surface area (Å²) in [5.74, 6) is 1.48. The zero-order valence-electron chi connectivity index (χ0n) is 14.9. The molecule has 3 aliphatic rings. The fourth-order valence-electron chi connectivity index (χ4n) is 4.92. The molecule has 23 heavy (non-hydrogen) atoms. The quantitative estimate of drug-likeness (QED) is 0.404. The van der Waals surface area contributed by atoms with E-state index in [0.717, 1.165) is 18.3 Å². The van der Waals surface area contributed by atoms with Crippen LogP contribution in [0.3, 0.4) is 0 Å². The highest BCUT2D eigenvalue weighted by atomic mass is 32.1. The predicted molar refractivity (Wildman–Crippen MR) is 105 cm³/mol. The van der Waals surface area contributed by atoms with E-state index in [1.807, 2.05) is 0 Å². The molecule has 0 saturated heterocycles. The molecule has 1 nitrogen and oxygen atoms in total. The summed E-state index contributed by atoms with van der Waals surface area (Å²) in [5.41, 5.74) is 1.52. The Bertz CT molecular complexity index is 396. The average molecular weight is 334 g/mol. The van der Waals surface area contributed by atoms with Crippen molar-refractivity contribution >= 4 is 22.8 Å². The van der Waals surface area contributed by atoms with E-state index < -0.39 is 0 Å². The lowest BCUT2D eigenvalue weighted by atomic mass is 9.80. The maximum absolute atomic E-state index is 5.91. The van der Waals surface area contributed by atoms with Crippen LogP contribution in [0.5, 0.6) is 0 Å². The lowest BCUT2D eigenvalue weighted by Crippen LogP contribution is -2.26. The third kappa shape index (κ3) is 5.37. The van der Waals surface area contributed by atoms with Gasteiger partial charge in [0.15, 0.2) is 0 Å². The van der Waals surface area contributed by atoms with Crippen molar-refractivity contribution in [1.29, 1.82) is 0 Å². The van der Waals surface area contributed by atoms with Crippen LogP contribution in [0, 0.1) is 11.8 Å². The Labute approximate surface area is 148 Å². The fourth-order valence-corrected chi connectivity index (χ4v) is 5.31. The van der Waals surface area contributed by atoms with Gasteiger partial charge >= 0.3 is 0 Å². The van der Waals surface area contributed by atoms with Crippen molar-refractivity contribution in [3.8, 4) is 0 Å². The molecule has 0 atom stereocenters. The SMILES string of the molecule is S=C(CC(=NC1CCCCC1)C1CCCCC1)C1CCCCC1. The molecule has 2 heteroatoms. The first-order valence-corrected chi connectivity index (χ1v) is 10.8. The van der Waals surface area contributed by atoms with Gasteiger partial charge in [0.1, 0.15) is 0 Å². The van der Waals surface area contributed by atoms with Gasteiger partial charge in [0.2, 0.25) is 0 Å². The molecule has 0 heterocycles. The number of aliphatic imine (C=N–C) groups is 1. The van der Waals surface area contributed by atoms with Crippen LogP contribution in [0.15, 0.2) is 4.99 Å². The summed E-state index contributed by atoms with van der Waals surface area (Å²) in [6.07, 6.45) is 21.8. The molecule has 3 rings (SSSR count). The van der Waals surface area contributed by atoms with E-state index in [-0.39, 0.29) is 0 Å². The average Bonchev–Trinajstić information content (AvgIpc) is 2.63. The van der Waals surface area contributed by atoms with E-state index in [1.54, 1.807) is 0 Å². The Morgan fingerprint density at radius 3 is 1.70 bits per heavy atom. The van der Waals surface area contributed by atoms with Gasteiger partial charge in [0.05, 0.1) is 0 Å². The van der Waals surface area contributed by atoms with E-state index in [0.29, 0.717) is 6.04 Å². The van der Waals surface area contributed by atoms with Gasteiger partial charge in [-0.1, -0.05) is 70.0 Å². The van der Waals surface area contributed by atoms with Crippen molar-refractivity contribution in [1.82, 2.24) is 0 Å². The Hall–Kier alpha value is -0.240. The maximum Gasteiger partial charge on any atom is 0.0499 e. The van der Waals surface area contributed by atoms with Gasteiger partial charge in [-0.3, -0.25) is 4.99 Å². The molecule has 3 fully saturated rings. The van der Waals surface area contributed by atoms with Crippen molar-refractivity contribution in [2.24, 2.45) is 16.8 Å². The molecule has 0 aromatic carbocycles. The van der Waals surface area contributed by atoms with E-state index in [9.17, 15) is 0 Å². The van der Waals surface area contributed by atoms with Gasteiger partial charge in [-0.05, 0) is 50.4 Å². The van der Waals surface area contributed by atoms with Crippen LogP contribution in [0.25, 0.3) is 0 Å². The molecular formula is C21H35NS. The zero-order valence-corrected chi connectivity index (χ0v) is 15.7. The molecule has 0 radical (unpaired) electrons. The molecule has 3 saturated carbocycles. The van der Waals surface area contributed by atoms with Crippen molar-refractivity contribution < 1.29 is 0 Å². The van der Waals surface area contributed by atoms with Crippen LogP contribution in [0.4, 0.5) is 0 Å². The summed E-state index contributed by atoms with van der Waals surface area (Å²) in [5, 5.41) is 0. The van der Waals surface area contributed by atoms with Crippen LogP contribution in [-0.2, 0) is 0 Å². The van der Waals surface area contributed by atoms with Crippen molar-refractivity contribution in [2.75, 3.05) is 0 Å². The second-order valence-corrected chi connectivity index (χ2v) is 8.75. The van der Waals surface area contributed by atoms with Crippen molar-refractivity contribution in [3.63, 3.8) is 0 Å². The van der Waals surface area contributed by atoms with Gasteiger partial charge in [-0.15, -0.1) is 0 Å². The van der Waals surface area contributed by atoms with E-state index in [4.69, 9.17) is 17.2 Å². The van der Waals surface area contributed by atoms with Crippen LogP contribution in [0.2, 0.25) is 0 Å². The maximum atomic E-state index is 5.91. The summed E-state index contributed by atoms with van der Waals surface area (Å²) in [6, 6.07) is 0.620. The summed E-state index contributed by atoms with van der Waals surface area (Å²) in [4.78, 5) is 6.67. The minimum Gasteiger partial charge on any atom is -0.290 e. The lowest BCUT2D eigenvalue weighted by Gasteiger charge is -2.29. The molecule has 3 aliphatic carbocycles. The summed E-state index contributed by atoms with van der Waals surface area (Å²) in [7, 11) is 0. The minimum absolute atomic E-state index is 0.620. The van der Waals surface area contributed by atoms with Gasteiger partial charge in [-0.25, -0.2) is 0 Å². The molecule has 0 unspecified atom stereocenters. The summed E-state index contributed by atoms with van der Waals surface area (Å²) < 4.78 is 0. The predicted octanol–water partition coefficient (Wildman–Crippen LogP) is 6.68. The second-order valence-electron chi connectivity index (χ2n) is 8.23. The normalized spacial score (nSPS) is 26.3. The van der Waals surface area contributed by atoms with Gasteiger partial charge in [-0.2, -0.15) is 0 Å². The Balaban J connectivity index is 1.65. The number of hydrogen-bond acceptors (Lipinski definition) is 2. The lowest BCUT2D eigenvalue weighted by molar-refractivity contribution is 0.417. The second kappa shape index (κ2) is 9.30. The first-order valence-electron chi connectivity index (χ1n) is 10.4. The smallest absolute Gasteiger partial charge is 0.0499 e. The largest absolute Gasteiger partial charge is 0.290 e. The monoisotopic (exact) mass is 333 g/mol. The third-order valence-corrected chi connectivity index (χ3v) is 6.89. The topological polar surface area (TPSA) is 12.4 Å². The van der Waals surface area contributed by atoms with E-state index >= 15 is 0 Å². The first kappa shape index (κ1) is 17.6. The van der Waals surface area contributed by atoms with Gasteiger partial charge in [0.25, 0.3) is 0 Å². The number of hydrogen-bond donors (Lipinski definition) is 0. The van der Waals surface area contributed by atoms with E-state index in [1.165, 1.54) is 107 Å². The molecule has 0 amide bonds. The Morgan fingerprint density at radius 1 is 0.652 bits per heavy atom. The summed E-state index contributed by atoms with van der Waals surface area (Å²) in [6.45, 7) is 0. The van der Waals surface area contributed by atoms with Crippen LogP contribution >= 0.6 is 12.2 Å². The molecule has 0 spiro atoms. The molecule has 0 aromatic heterocycles. The van der Waals surface area contributed by atoms with Crippen molar-refractivity contribution in [2.45, 2.75) is 109 Å². The zero-order chi connectivity index (χ0) is 15.9. The molecular weight excluding hydrogens is 298 g/mol. The molecule has 0 aliphatic heterocycles. The highest BCUT2D eigenvalue weighted by molar-refractivity contribution is 7.80. The molecule has 0 aromatic rings. The Morgan fingerprint density at radius 2 is 1.13 bits per heavy atom. The van der Waals surface area contributed by atoms with Crippen molar-refractivity contribution in [3.05, 3.63) is 0 Å². The molecule has 0 N–H and O–H groups in total. The number of thiocarbonyl (C=S) groups is 1. The number of rotatable bonds is 5. The Kier molecular flexibility index (Phi) is 7.11. The highest BCUT2D eigenvalue weighted by Gasteiger charge is 2.25. The van der Waals surface area contributed by atoms with Crippen LogP contribution in [0.1, 0.15) is 103 Å². The summed E-state index contributed by atoms with van der Waals surface area (Å²) >= 11 is 5.91. The number of nitrogens with zero attached hydrogens (tertiary/aromatic N) is 1.